The standard InChI is InChI=1S/C72H42N12O/c1-3-17-43(18-4-1)69-78-70(44-19-5-2-6-20-44)80-71(79-69)63-65(81-54-26-12-7-21-45(54)49-39-73-35-31-58(49)81)67(83-56-28-14-9-23-47(56)51-41-75-37-33-60(51)83)64(72-77-53-25-11-16-30-62(53)85-72)68(84-57-29-15-10-24-48(57)52-42-76-38-34-61(52)84)66(63)82-55-27-13-8-22-46(55)50-40-74-36-32-59(50)82/h1-42H. The molecular formula is C72H42N12O. The lowest BCUT2D eigenvalue weighted by Gasteiger charge is -2.29. The van der Waals surface area contributed by atoms with Gasteiger partial charge in [-0.25, -0.2) is 19.9 Å². The molecular weight excluding hydrogens is 1050 g/mol. The first kappa shape index (κ1) is 46.8. The lowest BCUT2D eigenvalue weighted by Crippen LogP contribution is -2.17. The Morgan fingerprint density at radius 1 is 0.259 bits per heavy atom. The van der Waals surface area contributed by atoms with E-state index in [0.717, 1.165) is 121 Å². The third-order valence-electron chi connectivity index (χ3n) is 16.6. The minimum Gasteiger partial charge on any atom is -0.436 e. The summed E-state index contributed by atoms with van der Waals surface area (Å²) >= 11 is 0. The van der Waals surface area contributed by atoms with Gasteiger partial charge in [0.25, 0.3) is 0 Å². The van der Waals surface area contributed by atoms with E-state index >= 15 is 0 Å². The summed E-state index contributed by atoms with van der Waals surface area (Å²) in [7, 11) is 0. The Kier molecular flexibility index (Phi) is 10.1. The van der Waals surface area contributed by atoms with Gasteiger partial charge in [0.1, 0.15) is 5.52 Å². The molecule has 10 aromatic heterocycles. The number of rotatable bonds is 8. The number of pyridine rings is 4. The summed E-state index contributed by atoms with van der Waals surface area (Å²) in [6.07, 6.45) is 15.3. The van der Waals surface area contributed by atoms with E-state index < -0.39 is 0 Å². The van der Waals surface area contributed by atoms with Crippen LogP contribution in [0.1, 0.15) is 0 Å². The van der Waals surface area contributed by atoms with Crippen LogP contribution in [0.5, 0.6) is 0 Å². The molecule has 0 amide bonds. The smallest absolute Gasteiger partial charge is 0.231 e. The maximum atomic E-state index is 7.43. The lowest BCUT2D eigenvalue weighted by molar-refractivity contribution is 0.619. The molecule has 0 bridgehead atoms. The molecule has 0 unspecified atom stereocenters. The summed E-state index contributed by atoms with van der Waals surface area (Å²) < 4.78 is 17.0. The molecule has 0 saturated carbocycles. The number of benzene rings is 8. The van der Waals surface area contributed by atoms with Gasteiger partial charge in [-0.3, -0.25) is 19.9 Å². The van der Waals surface area contributed by atoms with E-state index in [4.69, 9.17) is 44.3 Å². The van der Waals surface area contributed by atoms with Crippen LogP contribution in [0.25, 0.3) is 167 Å². The number of para-hydroxylation sites is 6. The third-order valence-corrected chi connectivity index (χ3v) is 16.6. The van der Waals surface area contributed by atoms with E-state index in [0.29, 0.717) is 45.6 Å². The Labute approximate surface area is 482 Å². The van der Waals surface area contributed by atoms with Gasteiger partial charge < -0.3 is 22.7 Å². The molecule has 18 aromatic rings. The normalized spacial score (nSPS) is 12.0. The van der Waals surface area contributed by atoms with Gasteiger partial charge in [-0.05, 0) is 60.7 Å². The molecule has 0 aliphatic heterocycles. The van der Waals surface area contributed by atoms with E-state index in [9.17, 15) is 0 Å². The van der Waals surface area contributed by atoms with Crippen LogP contribution in [-0.2, 0) is 0 Å². The van der Waals surface area contributed by atoms with E-state index in [1.54, 1.807) is 0 Å². The highest BCUT2D eigenvalue weighted by molar-refractivity contribution is 6.18. The number of oxazole rings is 1. The SMILES string of the molecule is c1ccc(-c2nc(-c3ccccc3)nc(-c3c(-n4c5ccccc5c5cnccc54)c(-n4c5ccccc5c5cnccc54)c(-c4nc5ccccc5o4)c(-n4c5ccccc5c5cnccc54)c3-n3c4ccccc4c4cnccc43)n2)cc1. The second kappa shape index (κ2) is 18.3. The maximum absolute atomic E-state index is 7.43. The zero-order valence-electron chi connectivity index (χ0n) is 45.0. The van der Waals surface area contributed by atoms with Gasteiger partial charge in [0.2, 0.25) is 5.89 Å². The number of hydrogen-bond acceptors (Lipinski definition) is 9. The van der Waals surface area contributed by atoms with Crippen molar-refractivity contribution in [3.05, 3.63) is 256 Å². The minimum atomic E-state index is 0.385. The Hall–Kier alpha value is -12.0. The van der Waals surface area contributed by atoms with Crippen molar-refractivity contribution >= 4 is 98.3 Å². The summed E-state index contributed by atoms with van der Waals surface area (Å²) in [4.78, 5) is 42.0. The van der Waals surface area contributed by atoms with E-state index in [1.165, 1.54) is 0 Å². The van der Waals surface area contributed by atoms with Crippen LogP contribution in [0, 0.1) is 0 Å². The molecule has 0 aliphatic carbocycles. The summed E-state index contributed by atoms with van der Waals surface area (Å²) in [6.45, 7) is 0. The van der Waals surface area contributed by atoms with Gasteiger partial charge in [0, 0.05) is 104 Å². The molecule has 85 heavy (non-hydrogen) atoms. The largest absolute Gasteiger partial charge is 0.436 e. The van der Waals surface area contributed by atoms with Crippen LogP contribution in [0.3, 0.4) is 0 Å². The molecule has 0 saturated heterocycles. The molecule has 396 valence electrons. The predicted octanol–water partition coefficient (Wildman–Crippen LogP) is 16.6. The molecule has 13 nitrogen and oxygen atoms in total. The summed E-state index contributed by atoms with van der Waals surface area (Å²) in [5, 5.41) is 7.86. The number of fused-ring (bicyclic) bond motifs is 13. The monoisotopic (exact) mass is 1090 g/mol. The number of nitrogens with zero attached hydrogens (tertiary/aromatic N) is 12. The van der Waals surface area contributed by atoms with Crippen molar-refractivity contribution in [1.29, 1.82) is 0 Å². The fourth-order valence-corrected chi connectivity index (χ4v) is 13.1. The zero-order valence-corrected chi connectivity index (χ0v) is 45.0. The molecule has 0 aliphatic rings. The quantitative estimate of drug-likeness (QED) is 0.146. The van der Waals surface area contributed by atoms with E-state index in [-0.39, 0.29) is 0 Å². The molecule has 18 rings (SSSR count). The van der Waals surface area contributed by atoms with Crippen LogP contribution in [0.4, 0.5) is 0 Å². The first-order valence-corrected chi connectivity index (χ1v) is 28.0. The van der Waals surface area contributed by atoms with Gasteiger partial charge >= 0.3 is 0 Å². The van der Waals surface area contributed by atoms with E-state index in [1.807, 2.05) is 110 Å². The molecule has 13 heteroatoms. The van der Waals surface area contributed by atoms with Crippen LogP contribution in [-0.4, -0.2) is 58.1 Å². The van der Waals surface area contributed by atoms with Gasteiger partial charge in [0.05, 0.1) is 78.0 Å². The van der Waals surface area contributed by atoms with E-state index in [2.05, 4.69) is 164 Å². The molecule has 0 N–H and O–H groups in total. The van der Waals surface area contributed by atoms with Crippen LogP contribution >= 0.6 is 0 Å². The summed E-state index contributed by atoms with van der Waals surface area (Å²) in [5.74, 6) is 1.79. The van der Waals surface area contributed by atoms with Gasteiger partial charge in [0.15, 0.2) is 23.1 Å². The fraction of sp³-hybridized carbons (Fsp3) is 0. The zero-order chi connectivity index (χ0) is 55.7. The van der Waals surface area contributed by atoms with Crippen LogP contribution in [0.2, 0.25) is 0 Å². The van der Waals surface area contributed by atoms with Crippen molar-refractivity contribution < 1.29 is 4.42 Å². The number of aromatic nitrogens is 12. The van der Waals surface area contributed by atoms with Gasteiger partial charge in [-0.2, -0.15) is 0 Å². The first-order valence-electron chi connectivity index (χ1n) is 28.0. The lowest BCUT2D eigenvalue weighted by atomic mass is 9.96. The van der Waals surface area contributed by atoms with Crippen LogP contribution in [0.15, 0.2) is 260 Å². The Bertz CT molecular complexity index is 5200. The highest BCUT2D eigenvalue weighted by Crippen LogP contribution is 2.54. The molecule has 0 fully saturated rings. The van der Waals surface area contributed by atoms with Crippen molar-refractivity contribution in [2.24, 2.45) is 0 Å². The van der Waals surface area contributed by atoms with Crippen molar-refractivity contribution in [1.82, 2.24) is 58.1 Å². The third kappa shape index (κ3) is 6.86. The second-order valence-corrected chi connectivity index (χ2v) is 21.2. The average molecular weight is 1090 g/mol. The van der Waals surface area contributed by atoms with Crippen molar-refractivity contribution in [2.45, 2.75) is 0 Å². The maximum Gasteiger partial charge on any atom is 0.231 e. The van der Waals surface area contributed by atoms with Gasteiger partial charge in [-0.15, -0.1) is 0 Å². The summed E-state index contributed by atoms with van der Waals surface area (Å²) in [5.41, 5.74) is 14.6. The van der Waals surface area contributed by atoms with Crippen LogP contribution < -0.4 is 0 Å². The average Bonchev–Trinajstić information content (AvgIpc) is 1.68. The molecule has 0 radical (unpaired) electrons. The molecule has 0 atom stereocenters. The van der Waals surface area contributed by atoms with Crippen molar-refractivity contribution in [3.63, 3.8) is 0 Å². The topological polar surface area (TPSA) is 136 Å². The Balaban J connectivity index is 1.23. The van der Waals surface area contributed by atoms with Crippen molar-refractivity contribution in [2.75, 3.05) is 0 Å². The predicted molar refractivity (Wildman–Crippen MR) is 338 cm³/mol. The Morgan fingerprint density at radius 2 is 0.576 bits per heavy atom. The highest BCUT2D eigenvalue weighted by Gasteiger charge is 2.38. The first-order chi connectivity index (χ1) is 42.2. The molecule has 8 aromatic carbocycles. The fourth-order valence-electron chi connectivity index (χ4n) is 13.1. The Morgan fingerprint density at radius 3 is 0.965 bits per heavy atom. The van der Waals surface area contributed by atoms with Gasteiger partial charge in [-0.1, -0.05) is 146 Å². The second-order valence-electron chi connectivity index (χ2n) is 21.2. The molecule has 10 heterocycles. The highest BCUT2D eigenvalue weighted by atomic mass is 16.3. The number of hydrogen-bond donors (Lipinski definition) is 0. The molecule has 0 spiro atoms. The minimum absolute atomic E-state index is 0.385. The van der Waals surface area contributed by atoms with Crippen molar-refractivity contribution in [3.8, 4) is 68.4 Å². The summed E-state index contributed by atoms with van der Waals surface area (Å²) in [6, 6.07) is 71.0.